The molecule has 5 heteroatoms. The van der Waals surface area contributed by atoms with E-state index in [1.807, 2.05) is 19.1 Å². The molecule has 1 fully saturated rings. The van der Waals surface area contributed by atoms with Crippen LogP contribution in [0.2, 0.25) is 0 Å². The van der Waals surface area contributed by atoms with E-state index in [-0.39, 0.29) is 5.92 Å². The molecule has 0 N–H and O–H groups in total. The number of carbonyl (C=O) groups excluding carboxylic acids is 1. The van der Waals surface area contributed by atoms with Gasteiger partial charge in [-0.1, -0.05) is 25.2 Å². The van der Waals surface area contributed by atoms with Crippen molar-refractivity contribution < 1.29 is 17.9 Å². The molecule has 3 unspecified atom stereocenters. The number of carbonyl (C=O) groups is 1. The van der Waals surface area contributed by atoms with Gasteiger partial charge in [-0.05, 0) is 12.0 Å². The second-order valence-electron chi connectivity index (χ2n) is 3.86. The Bertz CT molecular complexity index is 432. The van der Waals surface area contributed by atoms with Gasteiger partial charge >= 0.3 is 5.97 Å². The number of rotatable bonds is 0. The summed E-state index contributed by atoms with van der Waals surface area (Å²) in [7, 11) is -3.39. The van der Waals surface area contributed by atoms with E-state index in [0.717, 1.165) is 0 Å². The van der Waals surface area contributed by atoms with E-state index >= 15 is 0 Å². The Morgan fingerprint density at radius 2 is 1.93 bits per heavy atom. The van der Waals surface area contributed by atoms with E-state index in [1.165, 1.54) is 0 Å². The highest BCUT2D eigenvalue weighted by Crippen LogP contribution is 2.23. The minimum absolute atomic E-state index is 0.171. The normalized spacial score (nSPS) is 37.9. The average molecular weight is 228 g/mol. The molecule has 0 bridgehead atoms. The van der Waals surface area contributed by atoms with Gasteiger partial charge in [0.2, 0.25) is 0 Å². The van der Waals surface area contributed by atoms with Crippen molar-refractivity contribution >= 4 is 15.8 Å². The van der Waals surface area contributed by atoms with Gasteiger partial charge in [-0.15, -0.1) is 0 Å². The van der Waals surface area contributed by atoms with E-state index in [1.54, 1.807) is 12.2 Å². The highest BCUT2D eigenvalue weighted by Gasteiger charge is 2.40. The number of hydrogen-bond acceptors (Lipinski definition) is 4. The largest absolute Gasteiger partial charge is 0.456 e. The first kappa shape index (κ1) is 10.4. The predicted molar refractivity (Wildman–Crippen MR) is 54.9 cm³/mol. The summed E-state index contributed by atoms with van der Waals surface area (Å²) in [6, 6.07) is 0. The Morgan fingerprint density at radius 1 is 1.27 bits per heavy atom. The van der Waals surface area contributed by atoms with Crippen molar-refractivity contribution in [3.8, 4) is 0 Å². The van der Waals surface area contributed by atoms with E-state index in [2.05, 4.69) is 0 Å². The molecule has 0 spiro atoms. The second-order valence-corrected chi connectivity index (χ2v) is 6.01. The van der Waals surface area contributed by atoms with Crippen LogP contribution >= 0.6 is 0 Å². The molecular formula is C10H12O4S. The highest BCUT2D eigenvalue weighted by atomic mass is 32.2. The van der Waals surface area contributed by atoms with Gasteiger partial charge in [-0.2, -0.15) is 0 Å². The third-order valence-electron chi connectivity index (χ3n) is 2.53. The summed E-state index contributed by atoms with van der Waals surface area (Å²) in [6.45, 7) is 1.94. The van der Waals surface area contributed by atoms with Crippen molar-refractivity contribution in [1.82, 2.24) is 0 Å². The molecule has 1 aliphatic heterocycles. The van der Waals surface area contributed by atoms with E-state index in [9.17, 15) is 13.2 Å². The highest BCUT2D eigenvalue weighted by molar-refractivity contribution is 7.93. The van der Waals surface area contributed by atoms with E-state index < -0.39 is 32.9 Å². The minimum Gasteiger partial charge on any atom is -0.456 e. The van der Waals surface area contributed by atoms with Gasteiger partial charge < -0.3 is 4.74 Å². The zero-order valence-electron chi connectivity index (χ0n) is 8.29. The molecule has 1 saturated heterocycles. The number of sulfone groups is 1. The molecule has 0 aromatic carbocycles. The van der Waals surface area contributed by atoms with Gasteiger partial charge in [-0.3, -0.25) is 4.79 Å². The van der Waals surface area contributed by atoms with Crippen LogP contribution in [0.1, 0.15) is 6.92 Å². The molecule has 0 saturated carbocycles. The van der Waals surface area contributed by atoms with Gasteiger partial charge in [0.15, 0.2) is 9.84 Å². The van der Waals surface area contributed by atoms with Gasteiger partial charge in [-0.25, -0.2) is 8.42 Å². The third-order valence-corrected chi connectivity index (χ3v) is 4.43. The first-order chi connectivity index (χ1) is 6.99. The number of allylic oxidation sites excluding steroid dienone is 2. The monoisotopic (exact) mass is 228 g/mol. The van der Waals surface area contributed by atoms with Crippen molar-refractivity contribution in [3.63, 3.8) is 0 Å². The molecular weight excluding hydrogens is 216 g/mol. The Hall–Kier alpha value is -1.10. The number of hydrogen-bond donors (Lipinski definition) is 0. The molecule has 1 aliphatic carbocycles. The maximum Gasteiger partial charge on any atom is 0.321 e. The quantitative estimate of drug-likeness (QED) is 0.446. The van der Waals surface area contributed by atoms with Crippen LogP contribution in [0.15, 0.2) is 24.3 Å². The molecule has 82 valence electrons. The molecule has 1 heterocycles. The summed E-state index contributed by atoms with van der Waals surface area (Å²) >= 11 is 0. The average Bonchev–Trinajstić information content (AvgIpc) is 2.27. The van der Waals surface area contributed by atoms with Crippen molar-refractivity contribution in [1.29, 1.82) is 0 Å². The third kappa shape index (κ3) is 1.97. The molecule has 15 heavy (non-hydrogen) atoms. The lowest BCUT2D eigenvalue weighted by Gasteiger charge is -2.26. The summed E-state index contributed by atoms with van der Waals surface area (Å²) in [5.74, 6) is -1.01. The van der Waals surface area contributed by atoms with Crippen LogP contribution in [0.25, 0.3) is 0 Å². The first-order valence-corrected chi connectivity index (χ1v) is 6.48. The minimum atomic E-state index is -3.39. The van der Waals surface area contributed by atoms with Crippen LogP contribution in [0.5, 0.6) is 0 Å². The lowest BCUT2D eigenvalue weighted by Crippen LogP contribution is -2.44. The topological polar surface area (TPSA) is 60.4 Å². The van der Waals surface area contributed by atoms with Crippen LogP contribution in [0, 0.1) is 5.92 Å². The number of fused-ring (bicyclic) bond motifs is 1. The fraction of sp³-hybridized carbons (Fsp3) is 0.500. The maximum absolute atomic E-state index is 11.7. The molecule has 2 aliphatic rings. The van der Waals surface area contributed by atoms with E-state index in [4.69, 9.17) is 4.74 Å². The predicted octanol–water partition coefficient (Wildman–Crippen LogP) is 0.457. The zero-order valence-corrected chi connectivity index (χ0v) is 9.11. The molecule has 3 atom stereocenters. The number of ether oxygens (including phenoxy) is 1. The summed E-state index contributed by atoms with van der Waals surface area (Å²) < 4.78 is 28.4. The molecule has 0 aromatic heterocycles. The molecule has 0 aromatic rings. The van der Waals surface area contributed by atoms with Gasteiger partial charge in [0.1, 0.15) is 17.1 Å². The molecule has 4 nitrogen and oxygen atoms in total. The SMILES string of the molecule is CC1C=CC2OC(=O)CS(=O)(=O)C2C=C1. The Morgan fingerprint density at radius 3 is 2.67 bits per heavy atom. The van der Waals surface area contributed by atoms with Gasteiger partial charge in [0.05, 0.1) is 0 Å². The standard InChI is InChI=1S/C10H12O4S/c1-7-2-4-8-9(5-3-7)15(12,13)6-10(11)14-8/h2-5,7-9H,6H2,1H3. The maximum atomic E-state index is 11.7. The second kappa shape index (κ2) is 3.48. The van der Waals surface area contributed by atoms with E-state index in [0.29, 0.717) is 0 Å². The van der Waals surface area contributed by atoms with Crippen molar-refractivity contribution in [2.24, 2.45) is 5.92 Å². The Labute approximate surface area is 88.5 Å². The van der Waals surface area contributed by atoms with Crippen molar-refractivity contribution in [2.45, 2.75) is 18.3 Å². The Balaban J connectivity index is 2.41. The molecule has 0 radical (unpaired) electrons. The van der Waals surface area contributed by atoms with Crippen LogP contribution in [0.4, 0.5) is 0 Å². The summed E-state index contributed by atoms with van der Waals surface area (Å²) in [6.07, 6.45) is 6.28. The molecule has 2 rings (SSSR count). The first-order valence-electron chi connectivity index (χ1n) is 4.77. The fourth-order valence-corrected chi connectivity index (χ4v) is 3.20. The van der Waals surface area contributed by atoms with Crippen molar-refractivity contribution in [3.05, 3.63) is 24.3 Å². The summed E-state index contributed by atoms with van der Waals surface area (Å²) in [5.41, 5.74) is 0. The van der Waals surface area contributed by atoms with Crippen molar-refractivity contribution in [2.75, 3.05) is 5.75 Å². The van der Waals surface area contributed by atoms with Crippen LogP contribution in [0.3, 0.4) is 0 Å². The zero-order chi connectivity index (χ0) is 11.1. The lowest BCUT2D eigenvalue weighted by atomic mass is 10.2. The van der Waals surface area contributed by atoms with Crippen LogP contribution in [-0.2, 0) is 19.4 Å². The van der Waals surface area contributed by atoms with Gasteiger partial charge in [0.25, 0.3) is 0 Å². The fourth-order valence-electron chi connectivity index (χ4n) is 1.73. The summed E-state index contributed by atoms with van der Waals surface area (Å²) in [5, 5.41) is -0.712. The number of esters is 1. The van der Waals surface area contributed by atoms with Crippen LogP contribution in [-0.4, -0.2) is 31.5 Å². The summed E-state index contributed by atoms with van der Waals surface area (Å²) in [4.78, 5) is 11.1. The molecule has 0 amide bonds. The lowest BCUT2D eigenvalue weighted by molar-refractivity contribution is -0.144. The Kier molecular flexibility index (Phi) is 2.42. The van der Waals surface area contributed by atoms with Crippen LogP contribution < -0.4 is 0 Å². The smallest absolute Gasteiger partial charge is 0.321 e. The van der Waals surface area contributed by atoms with Gasteiger partial charge in [0, 0.05) is 0 Å².